The number of aryl methyl sites for hydroxylation is 3. The summed E-state index contributed by atoms with van der Waals surface area (Å²) in [6.45, 7) is 4.11. The Bertz CT molecular complexity index is 997. The summed E-state index contributed by atoms with van der Waals surface area (Å²) in [4.78, 5) is 8.44. The van der Waals surface area contributed by atoms with Crippen molar-refractivity contribution in [3.8, 4) is 0 Å². The lowest BCUT2D eigenvalue weighted by atomic mass is 10.1. The number of para-hydroxylation sites is 2. The van der Waals surface area contributed by atoms with Gasteiger partial charge >= 0.3 is 0 Å². The highest BCUT2D eigenvalue weighted by Gasteiger charge is 2.06. The van der Waals surface area contributed by atoms with Crippen molar-refractivity contribution in [3.63, 3.8) is 0 Å². The first-order chi connectivity index (χ1) is 12.6. The molecule has 140 valence electrons. The monoisotopic (exact) mass is 361 g/mol. The first kappa shape index (κ1) is 20.1. The molecule has 1 aromatic carbocycles. The lowest BCUT2D eigenvalue weighted by Gasteiger charge is -1.98. The summed E-state index contributed by atoms with van der Waals surface area (Å²) in [7, 11) is 2.00. The number of hydrogen-bond acceptors (Lipinski definition) is 3. The van der Waals surface area contributed by atoms with Gasteiger partial charge in [0.25, 0.3) is 0 Å². The van der Waals surface area contributed by atoms with Crippen LogP contribution in [0.3, 0.4) is 0 Å². The van der Waals surface area contributed by atoms with Crippen molar-refractivity contribution in [3.05, 3.63) is 83.7 Å². The maximum Gasteiger partial charge on any atom is 0.0955 e. The summed E-state index contributed by atoms with van der Waals surface area (Å²) in [5.74, 6) is 0. The molecule has 5 nitrogen and oxygen atoms in total. The van der Waals surface area contributed by atoms with Crippen molar-refractivity contribution in [2.45, 2.75) is 27.7 Å². The molecule has 0 bridgehead atoms. The third-order valence-corrected chi connectivity index (χ3v) is 4.15. The first-order valence-corrected chi connectivity index (χ1v) is 8.57. The van der Waals surface area contributed by atoms with Crippen LogP contribution in [0.15, 0.2) is 61.3 Å². The van der Waals surface area contributed by atoms with E-state index in [0.29, 0.717) is 0 Å². The Balaban J connectivity index is 0.000000147. The quantitative estimate of drug-likeness (QED) is 0.485. The SMILES string of the molecule is C.Cc1ccnc2c1C=CC2.Cc1cn[nH]c1.Cn1cnc2ccccc21. The van der Waals surface area contributed by atoms with Crippen molar-refractivity contribution in [1.82, 2.24) is 24.7 Å². The van der Waals surface area contributed by atoms with Crippen LogP contribution in [0.25, 0.3) is 17.1 Å². The Morgan fingerprint density at radius 1 is 1.07 bits per heavy atom. The fourth-order valence-electron chi connectivity index (χ4n) is 2.70. The van der Waals surface area contributed by atoms with E-state index in [4.69, 9.17) is 0 Å². The Hall–Kier alpha value is -3.21. The van der Waals surface area contributed by atoms with Crippen LogP contribution < -0.4 is 0 Å². The van der Waals surface area contributed by atoms with E-state index in [-0.39, 0.29) is 7.43 Å². The predicted octanol–water partition coefficient (Wildman–Crippen LogP) is 4.89. The van der Waals surface area contributed by atoms with Crippen LogP contribution in [0.2, 0.25) is 0 Å². The van der Waals surface area contributed by atoms with Gasteiger partial charge in [0.15, 0.2) is 0 Å². The van der Waals surface area contributed by atoms with Gasteiger partial charge in [-0.05, 0) is 48.7 Å². The molecule has 4 aromatic rings. The molecular weight excluding hydrogens is 334 g/mol. The summed E-state index contributed by atoms with van der Waals surface area (Å²) in [6.07, 6.45) is 12.6. The van der Waals surface area contributed by atoms with Gasteiger partial charge in [0.1, 0.15) is 0 Å². The van der Waals surface area contributed by atoms with Gasteiger partial charge in [-0.2, -0.15) is 5.10 Å². The summed E-state index contributed by atoms with van der Waals surface area (Å²) in [6, 6.07) is 10.1. The zero-order valence-electron chi connectivity index (χ0n) is 15.3. The second kappa shape index (κ2) is 9.48. The molecule has 0 radical (unpaired) electrons. The molecule has 0 aliphatic heterocycles. The number of aromatic amines is 1. The van der Waals surface area contributed by atoms with Crippen LogP contribution in [0, 0.1) is 13.8 Å². The molecule has 1 aliphatic rings. The van der Waals surface area contributed by atoms with Crippen molar-refractivity contribution in [1.29, 1.82) is 0 Å². The van der Waals surface area contributed by atoms with E-state index >= 15 is 0 Å². The van der Waals surface area contributed by atoms with E-state index in [1.54, 1.807) is 6.20 Å². The Morgan fingerprint density at radius 2 is 1.89 bits per heavy atom. The number of pyridine rings is 1. The van der Waals surface area contributed by atoms with Crippen molar-refractivity contribution in [2.24, 2.45) is 7.05 Å². The van der Waals surface area contributed by atoms with Crippen LogP contribution in [0.4, 0.5) is 0 Å². The molecule has 0 amide bonds. The number of rotatable bonds is 0. The highest BCUT2D eigenvalue weighted by atomic mass is 15.1. The molecule has 0 saturated carbocycles. The standard InChI is InChI=1S/C9H9N.C8H8N2.C4H6N2.CH4/c1-7-5-6-10-9-4-2-3-8(7)9;1-10-6-9-7-4-2-3-5-8(7)10;1-4-2-5-6-3-4;/h2-3,5-6H,4H2,1H3;2-6H,1H3;2-3H,1H3,(H,5,6);1H4. The van der Waals surface area contributed by atoms with E-state index in [9.17, 15) is 0 Å². The summed E-state index contributed by atoms with van der Waals surface area (Å²) in [5.41, 5.74) is 7.30. The van der Waals surface area contributed by atoms with Gasteiger partial charge in [-0.1, -0.05) is 31.7 Å². The minimum absolute atomic E-state index is 0. The van der Waals surface area contributed by atoms with Gasteiger partial charge in [0.2, 0.25) is 0 Å². The first-order valence-electron chi connectivity index (χ1n) is 8.57. The molecule has 0 spiro atoms. The van der Waals surface area contributed by atoms with Crippen molar-refractivity contribution < 1.29 is 0 Å². The molecule has 0 unspecified atom stereocenters. The fraction of sp³-hybridized carbons (Fsp3) is 0.227. The lowest BCUT2D eigenvalue weighted by Crippen LogP contribution is -1.88. The molecule has 1 N–H and O–H groups in total. The van der Waals surface area contributed by atoms with Crippen molar-refractivity contribution >= 4 is 17.1 Å². The van der Waals surface area contributed by atoms with E-state index < -0.39 is 0 Å². The predicted molar refractivity (Wildman–Crippen MR) is 112 cm³/mol. The van der Waals surface area contributed by atoms with Crippen LogP contribution in [0.5, 0.6) is 0 Å². The van der Waals surface area contributed by atoms with E-state index in [1.807, 2.05) is 55.5 Å². The molecule has 3 aromatic heterocycles. The van der Waals surface area contributed by atoms with Crippen LogP contribution in [0.1, 0.15) is 29.8 Å². The maximum absolute atomic E-state index is 4.26. The molecule has 3 heterocycles. The molecule has 5 rings (SSSR count). The molecule has 0 atom stereocenters. The van der Waals surface area contributed by atoms with Gasteiger partial charge in [0.05, 0.1) is 29.3 Å². The zero-order chi connectivity index (χ0) is 18.4. The number of hydrogen-bond donors (Lipinski definition) is 1. The van der Waals surface area contributed by atoms with Gasteiger partial charge in [-0.3, -0.25) is 10.1 Å². The van der Waals surface area contributed by atoms with Crippen LogP contribution in [-0.2, 0) is 13.5 Å². The number of benzene rings is 1. The fourth-order valence-corrected chi connectivity index (χ4v) is 2.70. The number of imidazole rings is 1. The summed E-state index contributed by atoms with van der Waals surface area (Å²) >= 11 is 0. The molecule has 1 aliphatic carbocycles. The second-order valence-electron chi connectivity index (χ2n) is 6.21. The van der Waals surface area contributed by atoms with Crippen LogP contribution in [-0.4, -0.2) is 24.7 Å². The summed E-state index contributed by atoms with van der Waals surface area (Å²) in [5, 5.41) is 6.38. The highest BCUT2D eigenvalue weighted by molar-refractivity contribution is 5.74. The number of allylic oxidation sites excluding steroid dienone is 1. The average molecular weight is 361 g/mol. The third-order valence-electron chi connectivity index (χ3n) is 4.15. The third kappa shape index (κ3) is 5.14. The Morgan fingerprint density at radius 3 is 2.52 bits per heavy atom. The van der Waals surface area contributed by atoms with Gasteiger partial charge in [-0.15, -0.1) is 0 Å². The number of aromatic nitrogens is 5. The summed E-state index contributed by atoms with van der Waals surface area (Å²) < 4.78 is 2.01. The minimum atomic E-state index is 0. The number of H-pyrrole nitrogens is 1. The number of nitrogens with zero attached hydrogens (tertiary/aromatic N) is 4. The Labute approximate surface area is 160 Å². The smallest absolute Gasteiger partial charge is 0.0955 e. The molecule has 27 heavy (non-hydrogen) atoms. The normalized spacial score (nSPS) is 10.9. The molecule has 0 saturated heterocycles. The largest absolute Gasteiger partial charge is 0.334 e. The minimum Gasteiger partial charge on any atom is -0.334 e. The maximum atomic E-state index is 4.26. The van der Waals surface area contributed by atoms with Gasteiger partial charge in [0, 0.05) is 25.9 Å². The topological polar surface area (TPSA) is 59.4 Å². The van der Waals surface area contributed by atoms with E-state index in [1.165, 1.54) is 27.9 Å². The van der Waals surface area contributed by atoms with Crippen molar-refractivity contribution in [2.75, 3.05) is 0 Å². The van der Waals surface area contributed by atoms with Gasteiger partial charge in [-0.25, -0.2) is 4.98 Å². The van der Waals surface area contributed by atoms with E-state index in [0.717, 1.165) is 11.9 Å². The van der Waals surface area contributed by atoms with Gasteiger partial charge < -0.3 is 4.57 Å². The Kier molecular flexibility index (Phi) is 7.06. The number of nitrogens with one attached hydrogen (secondary N) is 1. The lowest BCUT2D eigenvalue weighted by molar-refractivity contribution is 0.948. The number of fused-ring (bicyclic) bond motifs is 2. The highest BCUT2D eigenvalue weighted by Crippen LogP contribution is 2.19. The van der Waals surface area contributed by atoms with E-state index in [2.05, 4.69) is 51.4 Å². The van der Waals surface area contributed by atoms with Crippen LogP contribution >= 0.6 is 0 Å². The average Bonchev–Trinajstić information content (AvgIpc) is 3.39. The zero-order valence-corrected chi connectivity index (χ0v) is 15.3. The second-order valence-corrected chi connectivity index (χ2v) is 6.21. The molecule has 0 fully saturated rings. The molecular formula is C22H27N5. The molecule has 5 heteroatoms.